The summed E-state index contributed by atoms with van der Waals surface area (Å²) in [5, 5.41) is 11.6. The zero-order chi connectivity index (χ0) is 22.0. The number of nitrogens with one attached hydrogen (secondary N) is 4. The molecule has 2 amide bonds. The van der Waals surface area contributed by atoms with E-state index in [0.29, 0.717) is 13.0 Å². The second kappa shape index (κ2) is 8.76. The highest BCUT2D eigenvalue weighted by atomic mass is 19.1. The average Bonchev–Trinajstić information content (AvgIpc) is 3.15. The number of aromatic nitrogens is 1. The first kappa shape index (κ1) is 20.9. The monoisotopic (exact) mass is 429 g/mol. The van der Waals surface area contributed by atoms with E-state index in [2.05, 4.69) is 31.0 Å². The zero-order valence-corrected chi connectivity index (χ0v) is 17.3. The molecular weight excluding hydrogens is 405 g/mol. The van der Waals surface area contributed by atoms with Gasteiger partial charge in [-0.05, 0) is 31.0 Å². The number of methoxy groups -OCH3 is 1. The molecule has 3 heterocycles. The van der Waals surface area contributed by atoms with Gasteiger partial charge in [-0.25, -0.2) is 14.2 Å². The number of ether oxygens (including phenoxy) is 2. The van der Waals surface area contributed by atoms with Crippen LogP contribution in [0.4, 0.5) is 26.5 Å². The standard InChI is InChI=1S/C21H24FN5O4/c1-11-4-3-5-12(8-11)24-18-16-13(9-23-20(16)28)17(22)19(27-18)25-14-6-7-31-10-15(14)26-21(29)30-2/h3-5,8,14-15H,6-7,9-10H2,1-2H3,(H,23,28)(H,26,29)(H2,24,25,27)/t14-,15+/m1/s1. The summed E-state index contributed by atoms with van der Waals surface area (Å²) in [6, 6.07) is 6.83. The van der Waals surface area contributed by atoms with Crippen LogP contribution in [-0.4, -0.2) is 49.4 Å². The van der Waals surface area contributed by atoms with Gasteiger partial charge in [-0.1, -0.05) is 12.1 Å². The van der Waals surface area contributed by atoms with E-state index >= 15 is 4.39 Å². The summed E-state index contributed by atoms with van der Waals surface area (Å²) >= 11 is 0. The van der Waals surface area contributed by atoms with E-state index in [4.69, 9.17) is 4.74 Å². The summed E-state index contributed by atoms with van der Waals surface area (Å²) in [7, 11) is 1.27. The Labute approximate surface area is 178 Å². The summed E-state index contributed by atoms with van der Waals surface area (Å²) in [6.07, 6.45) is -0.0636. The molecule has 1 fully saturated rings. The number of amides is 2. The molecule has 2 aliphatic rings. The summed E-state index contributed by atoms with van der Waals surface area (Å²) in [4.78, 5) is 28.4. The van der Waals surface area contributed by atoms with Crippen molar-refractivity contribution in [2.24, 2.45) is 0 Å². The van der Waals surface area contributed by atoms with E-state index in [1.54, 1.807) is 0 Å². The lowest BCUT2D eigenvalue weighted by Crippen LogP contribution is -2.52. The lowest BCUT2D eigenvalue weighted by atomic mass is 10.0. The summed E-state index contributed by atoms with van der Waals surface area (Å²) in [5.74, 6) is -0.691. The second-order valence-corrected chi connectivity index (χ2v) is 7.51. The molecule has 2 atom stereocenters. The molecule has 1 aromatic carbocycles. The largest absolute Gasteiger partial charge is 0.453 e. The van der Waals surface area contributed by atoms with Crippen LogP contribution in [0.2, 0.25) is 0 Å². The molecule has 31 heavy (non-hydrogen) atoms. The van der Waals surface area contributed by atoms with E-state index < -0.39 is 18.0 Å². The number of nitrogens with zero attached hydrogens (tertiary/aromatic N) is 1. The lowest BCUT2D eigenvalue weighted by Gasteiger charge is -2.32. The van der Waals surface area contributed by atoms with Crippen LogP contribution in [0.25, 0.3) is 0 Å². The van der Waals surface area contributed by atoms with Gasteiger partial charge in [-0.2, -0.15) is 0 Å². The highest BCUT2D eigenvalue weighted by molar-refractivity contribution is 6.03. The Bertz CT molecular complexity index is 1020. The minimum Gasteiger partial charge on any atom is -0.453 e. The van der Waals surface area contributed by atoms with Crippen LogP contribution in [0.5, 0.6) is 0 Å². The van der Waals surface area contributed by atoms with Gasteiger partial charge < -0.3 is 30.7 Å². The van der Waals surface area contributed by atoms with Crippen molar-refractivity contribution < 1.29 is 23.5 Å². The molecule has 0 aliphatic carbocycles. The number of hydrogen-bond acceptors (Lipinski definition) is 7. The molecule has 4 N–H and O–H groups in total. The summed E-state index contributed by atoms with van der Waals surface area (Å²) in [6.45, 7) is 2.75. The molecule has 0 radical (unpaired) electrons. The van der Waals surface area contributed by atoms with Crippen LogP contribution >= 0.6 is 0 Å². The molecule has 2 aliphatic heterocycles. The molecule has 10 heteroatoms. The lowest BCUT2D eigenvalue weighted by molar-refractivity contribution is 0.0607. The topological polar surface area (TPSA) is 114 Å². The van der Waals surface area contributed by atoms with E-state index in [-0.39, 0.29) is 47.9 Å². The molecule has 1 aromatic heterocycles. The number of rotatable bonds is 5. The van der Waals surface area contributed by atoms with Gasteiger partial charge >= 0.3 is 6.09 Å². The second-order valence-electron chi connectivity index (χ2n) is 7.51. The van der Waals surface area contributed by atoms with Crippen molar-refractivity contribution in [3.8, 4) is 0 Å². The Morgan fingerprint density at radius 1 is 1.32 bits per heavy atom. The number of hydrogen-bond donors (Lipinski definition) is 4. The third-order valence-electron chi connectivity index (χ3n) is 5.34. The quantitative estimate of drug-likeness (QED) is 0.577. The van der Waals surface area contributed by atoms with Crippen molar-refractivity contribution in [2.75, 3.05) is 31.0 Å². The minimum atomic E-state index is -0.596. The molecule has 0 saturated carbocycles. The van der Waals surface area contributed by atoms with Crippen molar-refractivity contribution in [1.82, 2.24) is 15.6 Å². The summed E-state index contributed by atoms with van der Waals surface area (Å²) < 4.78 is 25.4. The van der Waals surface area contributed by atoms with Crippen molar-refractivity contribution >= 4 is 29.3 Å². The Balaban J connectivity index is 1.66. The number of alkyl carbamates (subject to hydrolysis) is 1. The molecule has 164 valence electrons. The van der Waals surface area contributed by atoms with Crippen molar-refractivity contribution in [3.63, 3.8) is 0 Å². The van der Waals surface area contributed by atoms with Crippen LogP contribution in [0.3, 0.4) is 0 Å². The third-order valence-corrected chi connectivity index (χ3v) is 5.34. The highest BCUT2D eigenvalue weighted by Crippen LogP contribution is 2.32. The van der Waals surface area contributed by atoms with Gasteiger partial charge in [0.15, 0.2) is 11.6 Å². The number of pyridine rings is 1. The minimum absolute atomic E-state index is 0.00830. The molecule has 2 aromatic rings. The smallest absolute Gasteiger partial charge is 0.407 e. The van der Waals surface area contributed by atoms with Gasteiger partial charge in [-0.3, -0.25) is 4.79 Å². The van der Waals surface area contributed by atoms with Crippen LogP contribution in [0.15, 0.2) is 24.3 Å². The number of fused-ring (bicyclic) bond motifs is 1. The maximum atomic E-state index is 15.3. The Hall–Kier alpha value is -3.40. The van der Waals surface area contributed by atoms with Gasteiger partial charge in [0, 0.05) is 24.4 Å². The van der Waals surface area contributed by atoms with Gasteiger partial charge in [0.2, 0.25) is 0 Å². The average molecular weight is 429 g/mol. The van der Waals surface area contributed by atoms with Gasteiger partial charge in [0.05, 0.1) is 31.4 Å². The fraction of sp³-hybridized carbons (Fsp3) is 0.381. The zero-order valence-electron chi connectivity index (χ0n) is 17.3. The van der Waals surface area contributed by atoms with Crippen LogP contribution < -0.4 is 21.3 Å². The Morgan fingerprint density at radius 2 is 2.16 bits per heavy atom. The van der Waals surface area contributed by atoms with Crippen molar-refractivity contribution in [1.29, 1.82) is 0 Å². The Morgan fingerprint density at radius 3 is 2.94 bits per heavy atom. The molecule has 0 bridgehead atoms. The van der Waals surface area contributed by atoms with E-state index in [0.717, 1.165) is 11.3 Å². The van der Waals surface area contributed by atoms with E-state index in [1.807, 2.05) is 31.2 Å². The molecular formula is C21H24FN5O4. The molecule has 0 unspecified atom stereocenters. The van der Waals surface area contributed by atoms with Crippen molar-refractivity contribution in [2.45, 2.75) is 32.0 Å². The van der Waals surface area contributed by atoms with E-state index in [1.165, 1.54) is 7.11 Å². The fourth-order valence-electron chi connectivity index (χ4n) is 3.76. The number of halogens is 1. The maximum absolute atomic E-state index is 15.3. The fourth-order valence-corrected chi connectivity index (χ4v) is 3.76. The first-order valence-corrected chi connectivity index (χ1v) is 9.99. The number of carbonyl (C=O) groups excluding carboxylic acids is 2. The van der Waals surface area contributed by atoms with Gasteiger partial charge in [0.1, 0.15) is 5.82 Å². The third kappa shape index (κ3) is 4.38. The molecule has 9 nitrogen and oxygen atoms in total. The number of carbonyl (C=O) groups is 2. The highest BCUT2D eigenvalue weighted by Gasteiger charge is 2.33. The number of anilines is 3. The number of benzene rings is 1. The molecule has 4 rings (SSSR count). The first-order chi connectivity index (χ1) is 15.0. The van der Waals surface area contributed by atoms with Crippen LogP contribution in [0, 0.1) is 12.7 Å². The SMILES string of the molecule is COC(=O)N[C@H]1COCC[C@H]1Nc1nc(Nc2cccc(C)c2)c2c(c1F)CNC2=O. The van der Waals surface area contributed by atoms with Crippen LogP contribution in [-0.2, 0) is 16.0 Å². The molecule has 1 saturated heterocycles. The first-order valence-electron chi connectivity index (χ1n) is 9.99. The van der Waals surface area contributed by atoms with Gasteiger partial charge in [-0.15, -0.1) is 0 Å². The van der Waals surface area contributed by atoms with E-state index in [9.17, 15) is 9.59 Å². The number of aryl methyl sites for hydroxylation is 1. The Kier molecular flexibility index (Phi) is 5.90. The van der Waals surface area contributed by atoms with Gasteiger partial charge in [0.25, 0.3) is 5.91 Å². The predicted octanol–water partition coefficient (Wildman–Crippen LogP) is 2.44. The van der Waals surface area contributed by atoms with Crippen molar-refractivity contribution in [3.05, 3.63) is 46.8 Å². The predicted molar refractivity (Wildman–Crippen MR) is 112 cm³/mol. The maximum Gasteiger partial charge on any atom is 0.407 e. The normalized spacial score (nSPS) is 19.9. The summed E-state index contributed by atoms with van der Waals surface area (Å²) in [5.41, 5.74) is 2.22. The van der Waals surface area contributed by atoms with Crippen LogP contribution in [0.1, 0.15) is 27.9 Å². The molecule has 0 spiro atoms.